The van der Waals surface area contributed by atoms with Crippen LogP contribution in [0.2, 0.25) is 0 Å². The monoisotopic (exact) mass is 266 g/mol. The van der Waals surface area contributed by atoms with Crippen molar-refractivity contribution in [2.75, 3.05) is 7.05 Å². The van der Waals surface area contributed by atoms with E-state index < -0.39 is 0 Å². The molecule has 1 atom stereocenters. The molecule has 0 aromatic carbocycles. The first kappa shape index (κ1) is 14.0. The van der Waals surface area contributed by atoms with Crippen molar-refractivity contribution in [1.82, 2.24) is 10.3 Å². The van der Waals surface area contributed by atoms with Crippen LogP contribution < -0.4 is 5.32 Å². The van der Waals surface area contributed by atoms with Gasteiger partial charge in [0, 0.05) is 16.8 Å². The number of nitrogens with one attached hydrogen (secondary N) is 1. The summed E-state index contributed by atoms with van der Waals surface area (Å²) in [6.45, 7) is 6.70. The van der Waals surface area contributed by atoms with Gasteiger partial charge < -0.3 is 5.32 Å². The van der Waals surface area contributed by atoms with Gasteiger partial charge in [0.15, 0.2) is 0 Å². The molecule has 0 amide bonds. The van der Waals surface area contributed by atoms with Gasteiger partial charge in [0.05, 0.1) is 10.7 Å². The Kier molecular flexibility index (Phi) is 4.79. The van der Waals surface area contributed by atoms with Gasteiger partial charge in [-0.2, -0.15) is 0 Å². The van der Waals surface area contributed by atoms with E-state index in [1.165, 1.54) is 47.7 Å². The number of hydrogen-bond donors (Lipinski definition) is 1. The van der Waals surface area contributed by atoms with Crippen molar-refractivity contribution in [3.8, 4) is 0 Å². The van der Waals surface area contributed by atoms with Crippen LogP contribution in [0.3, 0.4) is 0 Å². The minimum atomic E-state index is 0.434. The third kappa shape index (κ3) is 2.94. The van der Waals surface area contributed by atoms with Crippen LogP contribution in [0.25, 0.3) is 0 Å². The SMILES string of the molecule is CCC1CCC(c2nc(C)c(C(C)NC)s2)CC1. The second kappa shape index (κ2) is 6.16. The molecule has 1 aliphatic carbocycles. The van der Waals surface area contributed by atoms with E-state index in [2.05, 4.69) is 26.1 Å². The molecule has 102 valence electrons. The van der Waals surface area contributed by atoms with Gasteiger partial charge in [-0.1, -0.05) is 13.3 Å². The molecule has 1 N–H and O–H groups in total. The Morgan fingerprint density at radius 3 is 2.56 bits per heavy atom. The van der Waals surface area contributed by atoms with E-state index in [4.69, 9.17) is 4.98 Å². The first-order valence-corrected chi connectivity index (χ1v) is 8.11. The lowest BCUT2D eigenvalue weighted by atomic mass is 9.81. The fourth-order valence-electron chi connectivity index (χ4n) is 2.95. The highest BCUT2D eigenvalue weighted by molar-refractivity contribution is 7.11. The molecule has 1 aromatic rings. The molecule has 1 heterocycles. The number of aryl methyl sites for hydroxylation is 1. The zero-order valence-corrected chi connectivity index (χ0v) is 12.9. The summed E-state index contributed by atoms with van der Waals surface area (Å²) in [4.78, 5) is 6.25. The van der Waals surface area contributed by atoms with E-state index in [9.17, 15) is 0 Å². The number of hydrogen-bond acceptors (Lipinski definition) is 3. The average Bonchev–Trinajstić information content (AvgIpc) is 2.80. The van der Waals surface area contributed by atoms with E-state index >= 15 is 0 Å². The molecule has 2 nitrogen and oxygen atoms in total. The quantitative estimate of drug-likeness (QED) is 0.873. The van der Waals surface area contributed by atoms with Crippen LogP contribution in [0, 0.1) is 12.8 Å². The van der Waals surface area contributed by atoms with Crippen molar-refractivity contribution in [2.24, 2.45) is 5.92 Å². The van der Waals surface area contributed by atoms with Gasteiger partial charge in [-0.15, -0.1) is 11.3 Å². The highest BCUT2D eigenvalue weighted by atomic mass is 32.1. The molecule has 2 rings (SSSR count). The molecule has 1 unspecified atom stereocenters. The van der Waals surface area contributed by atoms with E-state index in [1.807, 2.05) is 18.4 Å². The summed E-state index contributed by atoms with van der Waals surface area (Å²) in [5.41, 5.74) is 1.23. The lowest BCUT2D eigenvalue weighted by molar-refractivity contribution is 0.318. The zero-order chi connectivity index (χ0) is 13.1. The summed E-state index contributed by atoms with van der Waals surface area (Å²) in [5, 5.41) is 4.71. The van der Waals surface area contributed by atoms with Crippen molar-refractivity contribution in [2.45, 2.75) is 64.8 Å². The number of nitrogens with zero attached hydrogens (tertiary/aromatic N) is 1. The van der Waals surface area contributed by atoms with E-state index in [0.29, 0.717) is 6.04 Å². The maximum atomic E-state index is 4.83. The second-order valence-corrected chi connectivity index (χ2v) is 6.70. The summed E-state index contributed by atoms with van der Waals surface area (Å²) in [7, 11) is 2.02. The fraction of sp³-hybridized carbons (Fsp3) is 0.800. The predicted octanol–water partition coefficient (Wildman–Crippen LogP) is 4.42. The topological polar surface area (TPSA) is 24.9 Å². The van der Waals surface area contributed by atoms with E-state index in [1.54, 1.807) is 0 Å². The lowest BCUT2D eigenvalue weighted by Gasteiger charge is -2.26. The van der Waals surface area contributed by atoms with Crippen molar-refractivity contribution in [3.63, 3.8) is 0 Å². The third-order valence-corrected chi connectivity index (χ3v) is 5.95. The molecule has 1 aliphatic rings. The van der Waals surface area contributed by atoms with Crippen LogP contribution in [-0.2, 0) is 0 Å². The predicted molar refractivity (Wildman–Crippen MR) is 79.3 cm³/mol. The third-order valence-electron chi connectivity index (χ3n) is 4.45. The summed E-state index contributed by atoms with van der Waals surface area (Å²) < 4.78 is 0. The van der Waals surface area contributed by atoms with Gasteiger partial charge in [-0.25, -0.2) is 4.98 Å². The minimum absolute atomic E-state index is 0.434. The van der Waals surface area contributed by atoms with Crippen molar-refractivity contribution in [3.05, 3.63) is 15.6 Å². The first-order chi connectivity index (χ1) is 8.65. The smallest absolute Gasteiger partial charge is 0.0962 e. The largest absolute Gasteiger partial charge is 0.312 e. The van der Waals surface area contributed by atoms with Crippen molar-refractivity contribution < 1.29 is 0 Å². The first-order valence-electron chi connectivity index (χ1n) is 7.30. The number of rotatable bonds is 4. The normalized spacial score (nSPS) is 26.2. The van der Waals surface area contributed by atoms with Crippen LogP contribution >= 0.6 is 11.3 Å². The molecular weight excluding hydrogens is 240 g/mol. The van der Waals surface area contributed by atoms with Gasteiger partial charge in [-0.3, -0.25) is 0 Å². The minimum Gasteiger partial charge on any atom is -0.312 e. The lowest BCUT2D eigenvalue weighted by Crippen LogP contribution is -2.12. The van der Waals surface area contributed by atoms with Crippen LogP contribution in [-0.4, -0.2) is 12.0 Å². The molecule has 0 bridgehead atoms. The van der Waals surface area contributed by atoms with Crippen LogP contribution in [0.1, 0.15) is 73.5 Å². The van der Waals surface area contributed by atoms with Gasteiger partial charge >= 0.3 is 0 Å². The van der Waals surface area contributed by atoms with E-state index in [-0.39, 0.29) is 0 Å². The Morgan fingerprint density at radius 2 is 2.00 bits per heavy atom. The molecule has 0 aliphatic heterocycles. The maximum absolute atomic E-state index is 4.83. The Labute approximate surface area is 115 Å². The zero-order valence-electron chi connectivity index (χ0n) is 12.1. The molecule has 0 saturated heterocycles. The average molecular weight is 266 g/mol. The van der Waals surface area contributed by atoms with Crippen LogP contribution in [0.15, 0.2) is 0 Å². The standard InChI is InChI=1S/C15H26N2S/c1-5-12-6-8-13(9-7-12)15-17-11(3)14(18-15)10(2)16-4/h10,12-13,16H,5-9H2,1-4H3. The molecule has 1 saturated carbocycles. The van der Waals surface area contributed by atoms with Gasteiger partial charge in [0.2, 0.25) is 0 Å². The Hall–Kier alpha value is -0.410. The van der Waals surface area contributed by atoms with Crippen molar-refractivity contribution >= 4 is 11.3 Å². The second-order valence-electron chi connectivity index (χ2n) is 5.64. The Bertz CT molecular complexity index is 378. The molecule has 0 radical (unpaired) electrons. The highest BCUT2D eigenvalue weighted by Gasteiger charge is 2.25. The summed E-state index contributed by atoms with van der Waals surface area (Å²) >= 11 is 1.93. The molecule has 18 heavy (non-hydrogen) atoms. The number of thiazole rings is 1. The van der Waals surface area contributed by atoms with Gasteiger partial charge in [0.25, 0.3) is 0 Å². The van der Waals surface area contributed by atoms with Gasteiger partial charge in [-0.05, 0) is 52.5 Å². The molecular formula is C15H26N2S. The molecule has 1 aromatic heterocycles. The van der Waals surface area contributed by atoms with E-state index in [0.717, 1.165) is 11.8 Å². The van der Waals surface area contributed by atoms with Crippen LogP contribution in [0.4, 0.5) is 0 Å². The molecule has 3 heteroatoms. The highest BCUT2D eigenvalue weighted by Crippen LogP contribution is 2.40. The summed E-state index contributed by atoms with van der Waals surface area (Å²) in [6, 6.07) is 0.434. The fourth-order valence-corrected chi connectivity index (χ4v) is 4.25. The Morgan fingerprint density at radius 1 is 1.33 bits per heavy atom. The van der Waals surface area contributed by atoms with Gasteiger partial charge in [0.1, 0.15) is 0 Å². The maximum Gasteiger partial charge on any atom is 0.0962 e. The summed E-state index contributed by atoms with van der Waals surface area (Å²) in [5.74, 6) is 1.70. The molecule has 1 fully saturated rings. The van der Waals surface area contributed by atoms with Crippen molar-refractivity contribution in [1.29, 1.82) is 0 Å². The molecule has 0 spiro atoms. The Balaban J connectivity index is 2.06. The number of aromatic nitrogens is 1. The summed E-state index contributed by atoms with van der Waals surface area (Å²) in [6.07, 6.45) is 6.84. The van der Waals surface area contributed by atoms with Crippen LogP contribution in [0.5, 0.6) is 0 Å².